The fraction of sp³-hybridized carbons (Fsp3) is 0.500. The molecule has 1 N–H and O–H groups in total. The summed E-state index contributed by atoms with van der Waals surface area (Å²) in [7, 11) is 1.69. The molecule has 3 heteroatoms. The number of rotatable bonds is 5. The quantitative estimate of drug-likeness (QED) is 0.786. The third-order valence-electron chi connectivity index (χ3n) is 5.14. The molecular formula is C22H29NO2. The number of ether oxygens (including phenoxy) is 1. The molecule has 0 spiro atoms. The van der Waals surface area contributed by atoms with Gasteiger partial charge in [-0.2, -0.15) is 0 Å². The average molecular weight is 339 g/mol. The minimum atomic E-state index is -0.0995. The summed E-state index contributed by atoms with van der Waals surface area (Å²) in [5, 5.41) is 3.63. The van der Waals surface area contributed by atoms with Gasteiger partial charge in [0.15, 0.2) is 5.78 Å². The normalized spacial score (nSPS) is 23.9. The second kappa shape index (κ2) is 7.47. The number of allylic oxidation sites excluding steroid dienone is 7. The van der Waals surface area contributed by atoms with E-state index in [0.29, 0.717) is 6.42 Å². The van der Waals surface area contributed by atoms with Crippen molar-refractivity contribution in [3.05, 3.63) is 59.1 Å². The lowest BCUT2D eigenvalue weighted by Gasteiger charge is -2.36. The molecule has 0 heterocycles. The van der Waals surface area contributed by atoms with Gasteiger partial charge >= 0.3 is 0 Å². The van der Waals surface area contributed by atoms with Crippen LogP contribution in [0.4, 0.5) is 0 Å². The van der Waals surface area contributed by atoms with Crippen molar-refractivity contribution in [3.8, 4) is 0 Å². The molecule has 0 aromatic rings. The summed E-state index contributed by atoms with van der Waals surface area (Å²) in [6, 6.07) is -0.0995. The lowest BCUT2D eigenvalue weighted by atomic mass is 9.73. The summed E-state index contributed by atoms with van der Waals surface area (Å²) in [4.78, 5) is 13.0. The van der Waals surface area contributed by atoms with Crippen molar-refractivity contribution in [2.45, 2.75) is 58.4 Å². The van der Waals surface area contributed by atoms with Crippen molar-refractivity contribution in [1.82, 2.24) is 5.32 Å². The summed E-state index contributed by atoms with van der Waals surface area (Å²) < 4.78 is 5.71. The van der Waals surface area contributed by atoms with Crippen molar-refractivity contribution >= 4 is 5.78 Å². The highest BCUT2D eigenvalue weighted by molar-refractivity contribution is 5.99. The SMILES string of the molecule is COC1=C(C(NC2=CCCC=C2)C2=CC=CCC2)C(=O)CC(C)(C)C1. The summed E-state index contributed by atoms with van der Waals surface area (Å²) in [5.41, 5.74) is 3.15. The number of Topliss-reactive ketones (excluding diaryl/α,β-unsaturated/α-hetero) is 1. The molecule has 0 aromatic carbocycles. The molecule has 0 amide bonds. The highest BCUT2D eigenvalue weighted by Crippen LogP contribution is 2.40. The molecule has 3 nitrogen and oxygen atoms in total. The van der Waals surface area contributed by atoms with Crippen LogP contribution >= 0.6 is 0 Å². The van der Waals surface area contributed by atoms with Gasteiger partial charge in [0.2, 0.25) is 0 Å². The maximum Gasteiger partial charge on any atom is 0.165 e. The van der Waals surface area contributed by atoms with Gasteiger partial charge in [-0.1, -0.05) is 44.2 Å². The second-order valence-electron chi connectivity index (χ2n) is 7.91. The topological polar surface area (TPSA) is 38.3 Å². The van der Waals surface area contributed by atoms with E-state index in [0.717, 1.165) is 49.1 Å². The van der Waals surface area contributed by atoms with Crippen molar-refractivity contribution in [2.75, 3.05) is 7.11 Å². The minimum Gasteiger partial charge on any atom is -0.501 e. The Morgan fingerprint density at radius 2 is 2.00 bits per heavy atom. The van der Waals surface area contributed by atoms with E-state index in [4.69, 9.17) is 4.74 Å². The van der Waals surface area contributed by atoms with E-state index in [2.05, 4.69) is 55.6 Å². The van der Waals surface area contributed by atoms with Gasteiger partial charge in [0.1, 0.15) is 5.76 Å². The molecule has 134 valence electrons. The monoisotopic (exact) mass is 339 g/mol. The number of ketones is 1. The molecule has 3 aliphatic carbocycles. The Kier molecular flexibility index (Phi) is 5.31. The van der Waals surface area contributed by atoms with Gasteiger partial charge in [-0.3, -0.25) is 4.79 Å². The van der Waals surface area contributed by atoms with Crippen LogP contribution in [0.2, 0.25) is 0 Å². The van der Waals surface area contributed by atoms with E-state index in [1.54, 1.807) is 7.11 Å². The molecule has 3 rings (SSSR count). The highest BCUT2D eigenvalue weighted by Gasteiger charge is 2.38. The Hall–Kier alpha value is -2.03. The molecule has 3 aliphatic rings. The molecular weight excluding hydrogens is 310 g/mol. The fourth-order valence-electron chi connectivity index (χ4n) is 3.88. The number of nitrogens with one attached hydrogen (secondary N) is 1. The first kappa shape index (κ1) is 17.8. The number of methoxy groups -OCH3 is 1. The zero-order valence-corrected chi connectivity index (χ0v) is 15.6. The maximum absolute atomic E-state index is 13.0. The van der Waals surface area contributed by atoms with Crippen molar-refractivity contribution in [1.29, 1.82) is 0 Å². The largest absolute Gasteiger partial charge is 0.501 e. The van der Waals surface area contributed by atoms with E-state index < -0.39 is 0 Å². The number of carbonyl (C=O) groups is 1. The highest BCUT2D eigenvalue weighted by atomic mass is 16.5. The molecule has 0 bridgehead atoms. The lowest BCUT2D eigenvalue weighted by Crippen LogP contribution is -2.40. The summed E-state index contributed by atoms with van der Waals surface area (Å²) in [6.45, 7) is 4.27. The third kappa shape index (κ3) is 4.15. The zero-order chi connectivity index (χ0) is 17.9. The number of carbonyl (C=O) groups excluding carboxylic acids is 1. The second-order valence-corrected chi connectivity index (χ2v) is 7.91. The van der Waals surface area contributed by atoms with E-state index in [-0.39, 0.29) is 17.2 Å². The predicted octanol–water partition coefficient (Wildman–Crippen LogP) is 4.74. The molecule has 0 aromatic heterocycles. The molecule has 0 fully saturated rings. The van der Waals surface area contributed by atoms with Gasteiger partial charge in [-0.05, 0) is 42.7 Å². The summed E-state index contributed by atoms with van der Waals surface area (Å²) >= 11 is 0. The Labute approximate surface area is 151 Å². The van der Waals surface area contributed by atoms with Crippen molar-refractivity contribution in [3.63, 3.8) is 0 Å². The van der Waals surface area contributed by atoms with Crippen LogP contribution in [0.15, 0.2) is 59.1 Å². The van der Waals surface area contributed by atoms with Crippen LogP contribution in [0, 0.1) is 5.41 Å². The molecule has 0 saturated carbocycles. The Balaban J connectivity index is 2.00. The van der Waals surface area contributed by atoms with Crippen LogP contribution < -0.4 is 5.32 Å². The standard InChI is InChI=1S/C22H29NO2/c1-22(2)14-18(24)20(19(15-22)25-3)21(16-10-6-4-7-11-16)23-17-12-8-5-9-13-17/h4,6,8,10,12-13,21,23H,5,7,9,11,14-15H2,1-3H3. The van der Waals surface area contributed by atoms with Crippen molar-refractivity contribution < 1.29 is 9.53 Å². The van der Waals surface area contributed by atoms with Crippen LogP contribution in [0.5, 0.6) is 0 Å². The van der Waals surface area contributed by atoms with Crippen LogP contribution in [0.25, 0.3) is 0 Å². The van der Waals surface area contributed by atoms with Gasteiger partial charge in [0, 0.05) is 18.5 Å². The Morgan fingerprint density at radius 1 is 1.16 bits per heavy atom. The minimum absolute atomic E-state index is 0.0403. The van der Waals surface area contributed by atoms with Crippen LogP contribution in [-0.2, 0) is 9.53 Å². The Bertz CT molecular complexity index is 689. The van der Waals surface area contributed by atoms with Crippen LogP contribution in [-0.4, -0.2) is 18.9 Å². The first-order valence-corrected chi connectivity index (χ1v) is 9.29. The van der Waals surface area contributed by atoms with Gasteiger partial charge < -0.3 is 10.1 Å². The van der Waals surface area contributed by atoms with E-state index >= 15 is 0 Å². The van der Waals surface area contributed by atoms with Gasteiger partial charge in [-0.15, -0.1) is 0 Å². The first-order chi connectivity index (χ1) is 12.0. The fourth-order valence-corrected chi connectivity index (χ4v) is 3.88. The Morgan fingerprint density at radius 3 is 2.64 bits per heavy atom. The maximum atomic E-state index is 13.0. The van der Waals surface area contributed by atoms with Gasteiger partial charge in [0.05, 0.1) is 18.7 Å². The molecule has 0 aliphatic heterocycles. The average Bonchev–Trinajstić information content (AvgIpc) is 2.60. The third-order valence-corrected chi connectivity index (χ3v) is 5.14. The number of hydrogen-bond acceptors (Lipinski definition) is 3. The van der Waals surface area contributed by atoms with Gasteiger partial charge in [0.25, 0.3) is 0 Å². The van der Waals surface area contributed by atoms with Crippen LogP contribution in [0.1, 0.15) is 52.4 Å². The van der Waals surface area contributed by atoms with E-state index in [1.165, 1.54) is 5.57 Å². The molecule has 1 atom stereocenters. The van der Waals surface area contributed by atoms with E-state index in [1.807, 2.05) is 0 Å². The van der Waals surface area contributed by atoms with Crippen molar-refractivity contribution in [2.24, 2.45) is 5.41 Å². The molecule has 25 heavy (non-hydrogen) atoms. The smallest absolute Gasteiger partial charge is 0.165 e. The molecule has 1 unspecified atom stereocenters. The summed E-state index contributed by atoms with van der Waals surface area (Å²) in [6.07, 6.45) is 18.5. The lowest BCUT2D eigenvalue weighted by molar-refractivity contribution is -0.118. The molecule has 0 saturated heterocycles. The van der Waals surface area contributed by atoms with Gasteiger partial charge in [-0.25, -0.2) is 0 Å². The molecule has 0 radical (unpaired) electrons. The first-order valence-electron chi connectivity index (χ1n) is 9.29. The number of hydrogen-bond donors (Lipinski definition) is 1. The van der Waals surface area contributed by atoms with Crippen LogP contribution in [0.3, 0.4) is 0 Å². The zero-order valence-electron chi connectivity index (χ0n) is 15.6. The van der Waals surface area contributed by atoms with E-state index in [9.17, 15) is 4.79 Å². The summed E-state index contributed by atoms with van der Waals surface area (Å²) in [5.74, 6) is 1.05. The predicted molar refractivity (Wildman–Crippen MR) is 102 cm³/mol.